The Morgan fingerprint density at radius 3 is 2.10 bits per heavy atom. The summed E-state index contributed by atoms with van der Waals surface area (Å²) in [5.74, 6) is -1.35. The summed E-state index contributed by atoms with van der Waals surface area (Å²) < 4.78 is 0. The molecule has 0 spiro atoms. The van der Waals surface area contributed by atoms with Crippen molar-refractivity contribution in [3.63, 3.8) is 0 Å². The zero-order valence-corrected chi connectivity index (χ0v) is 12.3. The number of carbonyl (C=O) groups excluding carboxylic acids is 2. The van der Waals surface area contributed by atoms with Gasteiger partial charge >= 0.3 is 5.97 Å². The van der Waals surface area contributed by atoms with Crippen molar-refractivity contribution in [3.8, 4) is 0 Å². The van der Waals surface area contributed by atoms with Gasteiger partial charge in [-0.3, -0.25) is 19.3 Å². The molecule has 0 unspecified atom stereocenters. The lowest BCUT2D eigenvalue weighted by Gasteiger charge is -2.26. The molecule has 0 saturated carbocycles. The van der Waals surface area contributed by atoms with E-state index in [-0.39, 0.29) is 23.7 Å². The summed E-state index contributed by atoms with van der Waals surface area (Å²) in [5, 5.41) is 8.74. The summed E-state index contributed by atoms with van der Waals surface area (Å²) in [6.07, 6.45) is 1.20. The van der Waals surface area contributed by atoms with Crippen LogP contribution in [0.25, 0.3) is 0 Å². The van der Waals surface area contributed by atoms with Crippen molar-refractivity contribution >= 4 is 17.8 Å². The van der Waals surface area contributed by atoms with Crippen LogP contribution in [0.3, 0.4) is 0 Å². The first-order chi connectivity index (χ1) is 9.82. The summed E-state index contributed by atoms with van der Waals surface area (Å²) >= 11 is 0. The van der Waals surface area contributed by atoms with E-state index in [0.717, 1.165) is 0 Å². The predicted octanol–water partition coefficient (Wildman–Crippen LogP) is 2.56. The molecule has 0 fully saturated rings. The van der Waals surface area contributed by atoms with Gasteiger partial charge in [0.25, 0.3) is 11.8 Å². The van der Waals surface area contributed by atoms with Gasteiger partial charge < -0.3 is 5.11 Å². The van der Waals surface area contributed by atoms with Gasteiger partial charge in [0.05, 0.1) is 11.1 Å². The van der Waals surface area contributed by atoms with Gasteiger partial charge in [-0.25, -0.2) is 0 Å². The van der Waals surface area contributed by atoms with E-state index in [9.17, 15) is 14.4 Å². The molecule has 1 aliphatic rings. The first-order valence-electron chi connectivity index (χ1n) is 6.99. The van der Waals surface area contributed by atoms with Gasteiger partial charge in [-0.05, 0) is 30.4 Å². The quantitative estimate of drug-likeness (QED) is 0.817. The van der Waals surface area contributed by atoms with Gasteiger partial charge in [0.15, 0.2) is 0 Å². The summed E-state index contributed by atoms with van der Waals surface area (Å²) in [6.45, 7) is 4.22. The lowest BCUT2D eigenvalue weighted by Crippen LogP contribution is -2.33. The largest absolute Gasteiger partial charge is 0.481 e. The standard InChI is InChI=1S/C16H19NO4/c1-16(2,8-7-13(18)19)9-10-17-14(20)11-5-3-4-6-12(11)15(17)21/h3-6H,7-10H2,1-2H3,(H,18,19). The van der Waals surface area contributed by atoms with Gasteiger partial charge in [0.2, 0.25) is 0 Å². The van der Waals surface area contributed by atoms with Crippen molar-refractivity contribution < 1.29 is 19.5 Å². The number of carboxylic acids is 1. The van der Waals surface area contributed by atoms with Crippen LogP contribution in [0.5, 0.6) is 0 Å². The minimum atomic E-state index is -0.830. The highest BCUT2D eigenvalue weighted by Gasteiger charge is 2.35. The normalized spacial score (nSPS) is 14.5. The average molecular weight is 289 g/mol. The number of carboxylic acid groups (broad SMARTS) is 1. The summed E-state index contributed by atoms with van der Waals surface area (Å²) in [5.41, 5.74) is 0.671. The molecule has 21 heavy (non-hydrogen) atoms. The van der Waals surface area contributed by atoms with Crippen LogP contribution in [-0.4, -0.2) is 34.3 Å². The first kappa shape index (κ1) is 15.2. The van der Waals surface area contributed by atoms with Gasteiger partial charge in [-0.15, -0.1) is 0 Å². The number of aliphatic carboxylic acids is 1. The van der Waals surface area contributed by atoms with Crippen molar-refractivity contribution in [2.45, 2.75) is 33.1 Å². The van der Waals surface area contributed by atoms with Crippen LogP contribution in [0.1, 0.15) is 53.8 Å². The highest BCUT2D eigenvalue weighted by atomic mass is 16.4. The lowest BCUT2D eigenvalue weighted by atomic mass is 9.84. The second kappa shape index (κ2) is 5.68. The Balaban J connectivity index is 2.01. The van der Waals surface area contributed by atoms with Crippen LogP contribution in [-0.2, 0) is 4.79 Å². The molecule has 5 nitrogen and oxygen atoms in total. The van der Waals surface area contributed by atoms with Crippen LogP contribution in [0, 0.1) is 5.41 Å². The maximum Gasteiger partial charge on any atom is 0.303 e. The lowest BCUT2D eigenvalue weighted by molar-refractivity contribution is -0.137. The molecular formula is C16H19NO4. The predicted molar refractivity (Wildman–Crippen MR) is 77.1 cm³/mol. The van der Waals surface area contributed by atoms with Crippen molar-refractivity contribution in [1.29, 1.82) is 0 Å². The maximum absolute atomic E-state index is 12.2. The molecule has 0 atom stereocenters. The highest BCUT2D eigenvalue weighted by Crippen LogP contribution is 2.29. The molecule has 1 heterocycles. The van der Waals surface area contributed by atoms with Gasteiger partial charge in [-0.2, -0.15) is 0 Å². The number of rotatable bonds is 6. The van der Waals surface area contributed by atoms with Crippen molar-refractivity contribution in [1.82, 2.24) is 4.90 Å². The molecule has 0 aliphatic carbocycles. The van der Waals surface area contributed by atoms with E-state index >= 15 is 0 Å². The number of carbonyl (C=O) groups is 3. The van der Waals surface area contributed by atoms with E-state index in [1.807, 2.05) is 13.8 Å². The van der Waals surface area contributed by atoms with E-state index in [1.54, 1.807) is 24.3 Å². The van der Waals surface area contributed by atoms with Crippen LogP contribution in [0.15, 0.2) is 24.3 Å². The second-order valence-electron chi connectivity index (χ2n) is 6.12. The number of hydrogen-bond donors (Lipinski definition) is 1. The number of benzene rings is 1. The Bertz CT molecular complexity index is 557. The van der Waals surface area contributed by atoms with Crippen molar-refractivity contribution in [2.75, 3.05) is 6.54 Å². The summed E-state index contributed by atoms with van der Waals surface area (Å²) in [6, 6.07) is 6.80. The van der Waals surface area contributed by atoms with Crippen molar-refractivity contribution in [3.05, 3.63) is 35.4 Å². The van der Waals surface area contributed by atoms with Crippen LogP contribution in [0.4, 0.5) is 0 Å². The smallest absolute Gasteiger partial charge is 0.303 e. The fourth-order valence-corrected chi connectivity index (χ4v) is 2.43. The fourth-order valence-electron chi connectivity index (χ4n) is 2.43. The zero-order valence-electron chi connectivity index (χ0n) is 12.3. The molecule has 1 aromatic rings. The van der Waals surface area contributed by atoms with Gasteiger partial charge in [-0.1, -0.05) is 26.0 Å². The minimum Gasteiger partial charge on any atom is -0.481 e. The molecule has 2 rings (SSSR count). The van der Waals surface area contributed by atoms with E-state index in [2.05, 4.69) is 0 Å². The van der Waals surface area contributed by atoms with Crippen LogP contribution in [0.2, 0.25) is 0 Å². The maximum atomic E-state index is 12.2. The molecule has 1 aromatic carbocycles. The molecule has 5 heteroatoms. The third-order valence-corrected chi connectivity index (χ3v) is 3.91. The molecule has 0 bridgehead atoms. The average Bonchev–Trinajstić information content (AvgIpc) is 2.68. The zero-order chi connectivity index (χ0) is 15.6. The molecule has 0 aromatic heterocycles. The monoisotopic (exact) mass is 289 g/mol. The van der Waals surface area contributed by atoms with E-state index in [4.69, 9.17) is 5.11 Å². The third kappa shape index (κ3) is 3.29. The second-order valence-corrected chi connectivity index (χ2v) is 6.12. The molecule has 2 amide bonds. The number of imide groups is 1. The molecular weight excluding hydrogens is 270 g/mol. The Labute approximate surface area is 123 Å². The third-order valence-electron chi connectivity index (χ3n) is 3.91. The number of amides is 2. The fraction of sp³-hybridized carbons (Fsp3) is 0.438. The highest BCUT2D eigenvalue weighted by molar-refractivity contribution is 6.21. The van der Waals surface area contributed by atoms with E-state index in [0.29, 0.717) is 30.5 Å². The van der Waals surface area contributed by atoms with Crippen LogP contribution >= 0.6 is 0 Å². The Morgan fingerprint density at radius 1 is 1.10 bits per heavy atom. The summed E-state index contributed by atoms with van der Waals surface area (Å²) in [4.78, 5) is 36.3. The minimum absolute atomic E-state index is 0.0924. The van der Waals surface area contributed by atoms with E-state index < -0.39 is 5.97 Å². The Kier molecular flexibility index (Phi) is 4.11. The van der Waals surface area contributed by atoms with Gasteiger partial charge in [0, 0.05) is 13.0 Å². The SMILES string of the molecule is CC(C)(CCC(=O)O)CCN1C(=O)c2ccccc2C1=O. The summed E-state index contributed by atoms with van der Waals surface area (Å²) in [7, 11) is 0. The van der Waals surface area contributed by atoms with E-state index in [1.165, 1.54) is 4.90 Å². The number of nitrogens with zero attached hydrogens (tertiary/aromatic N) is 1. The first-order valence-corrected chi connectivity index (χ1v) is 6.99. The molecule has 0 saturated heterocycles. The topological polar surface area (TPSA) is 74.7 Å². The van der Waals surface area contributed by atoms with Crippen LogP contribution < -0.4 is 0 Å². The van der Waals surface area contributed by atoms with Crippen molar-refractivity contribution in [2.24, 2.45) is 5.41 Å². The Hall–Kier alpha value is -2.17. The number of fused-ring (bicyclic) bond motifs is 1. The number of hydrogen-bond acceptors (Lipinski definition) is 3. The van der Waals surface area contributed by atoms with Gasteiger partial charge in [0.1, 0.15) is 0 Å². The molecule has 0 radical (unpaired) electrons. The molecule has 1 N–H and O–H groups in total. The molecule has 112 valence electrons. The Morgan fingerprint density at radius 2 is 1.62 bits per heavy atom. The molecule has 1 aliphatic heterocycles.